The molecule has 3 rings (SSSR count). The minimum atomic E-state index is -3.73. The molecule has 0 bridgehead atoms. The number of hydrogen-bond donors (Lipinski definition) is 1. The molecule has 164 valence electrons. The summed E-state index contributed by atoms with van der Waals surface area (Å²) >= 11 is 11.6. The van der Waals surface area contributed by atoms with Crippen LogP contribution in [0.3, 0.4) is 0 Å². The van der Waals surface area contributed by atoms with Crippen LogP contribution < -0.4 is 10.3 Å². The van der Waals surface area contributed by atoms with E-state index in [1.54, 1.807) is 0 Å². The van der Waals surface area contributed by atoms with Gasteiger partial charge >= 0.3 is 0 Å². The van der Waals surface area contributed by atoms with E-state index in [2.05, 4.69) is 28.6 Å². The number of nitrogens with one attached hydrogen (secondary N) is 1. The van der Waals surface area contributed by atoms with Gasteiger partial charge in [0, 0.05) is 26.2 Å². The largest absolute Gasteiger partial charge is 0.374 e. The number of morpholine rings is 1. The number of sulfonamides is 1. The summed E-state index contributed by atoms with van der Waals surface area (Å²) in [5.41, 5.74) is -0.212. The maximum atomic E-state index is 12.6. The van der Waals surface area contributed by atoms with Crippen LogP contribution in [0, 0.1) is 5.92 Å². The Kier molecular flexibility index (Phi) is 7.54. The molecule has 1 N–H and O–H groups in total. The van der Waals surface area contributed by atoms with Crippen molar-refractivity contribution >= 4 is 33.2 Å². The lowest BCUT2D eigenvalue weighted by atomic mass is 10.2. The van der Waals surface area contributed by atoms with Gasteiger partial charge in [0.15, 0.2) is 0 Å². The number of hydrogen-bond acceptors (Lipinski definition) is 6. The van der Waals surface area contributed by atoms with Crippen LogP contribution in [-0.2, 0) is 14.8 Å². The zero-order valence-electron chi connectivity index (χ0n) is 16.7. The molecule has 1 aromatic carbocycles. The smallest absolute Gasteiger partial charge is 0.291 e. The number of nitrogens with zero attached hydrogens (tertiary/aromatic N) is 3. The summed E-state index contributed by atoms with van der Waals surface area (Å²) in [6.45, 7) is 7.56. The van der Waals surface area contributed by atoms with Crippen molar-refractivity contribution in [3.05, 3.63) is 50.9 Å². The molecule has 0 amide bonds. The Hall–Kier alpha value is -1.49. The van der Waals surface area contributed by atoms with E-state index in [9.17, 15) is 13.2 Å². The predicted molar refractivity (Wildman–Crippen MR) is 116 cm³/mol. The van der Waals surface area contributed by atoms with Crippen LogP contribution in [0.5, 0.6) is 0 Å². The molecule has 2 aromatic rings. The van der Waals surface area contributed by atoms with Crippen molar-refractivity contribution in [2.24, 2.45) is 5.92 Å². The third kappa shape index (κ3) is 5.60. The van der Waals surface area contributed by atoms with E-state index in [0.29, 0.717) is 24.8 Å². The van der Waals surface area contributed by atoms with Gasteiger partial charge in [0.1, 0.15) is 5.02 Å². The van der Waals surface area contributed by atoms with Gasteiger partial charge in [-0.3, -0.25) is 9.69 Å². The van der Waals surface area contributed by atoms with Crippen LogP contribution in [0.1, 0.15) is 13.8 Å². The fourth-order valence-corrected chi connectivity index (χ4v) is 4.55. The lowest BCUT2D eigenvalue weighted by Gasteiger charge is -2.33. The van der Waals surface area contributed by atoms with Crippen LogP contribution >= 0.6 is 23.2 Å². The third-order valence-corrected chi connectivity index (χ3v) is 6.80. The molecule has 11 heteroatoms. The maximum absolute atomic E-state index is 12.6. The number of benzene rings is 1. The molecule has 30 heavy (non-hydrogen) atoms. The minimum absolute atomic E-state index is 0.0539. The lowest BCUT2D eigenvalue weighted by molar-refractivity contribution is -0.0280. The van der Waals surface area contributed by atoms with Crippen molar-refractivity contribution in [2.45, 2.75) is 24.8 Å². The van der Waals surface area contributed by atoms with E-state index >= 15 is 0 Å². The van der Waals surface area contributed by atoms with Crippen molar-refractivity contribution in [1.29, 1.82) is 0 Å². The predicted octanol–water partition coefficient (Wildman–Crippen LogP) is 2.17. The number of ether oxygens (including phenoxy) is 1. The van der Waals surface area contributed by atoms with Gasteiger partial charge in [0.05, 0.1) is 34.5 Å². The average molecular weight is 475 g/mol. The van der Waals surface area contributed by atoms with Crippen molar-refractivity contribution in [2.75, 3.05) is 32.8 Å². The van der Waals surface area contributed by atoms with Gasteiger partial charge in [-0.25, -0.2) is 13.1 Å². The molecule has 0 radical (unpaired) electrons. The highest BCUT2D eigenvalue weighted by atomic mass is 35.5. The summed E-state index contributed by atoms with van der Waals surface area (Å²) in [6.07, 6.45) is 1.05. The molecule has 1 atom stereocenters. The Balaban J connectivity index is 1.67. The van der Waals surface area contributed by atoms with Crippen LogP contribution in [0.15, 0.2) is 40.2 Å². The summed E-state index contributed by atoms with van der Waals surface area (Å²) in [7, 11) is -3.73. The fourth-order valence-electron chi connectivity index (χ4n) is 3.24. The number of halogens is 2. The molecule has 1 fully saturated rings. The first kappa shape index (κ1) is 23.2. The summed E-state index contributed by atoms with van der Waals surface area (Å²) in [5, 5.41) is 3.83. The molecule has 0 aliphatic carbocycles. The van der Waals surface area contributed by atoms with Gasteiger partial charge in [-0.1, -0.05) is 37.0 Å². The second-order valence-electron chi connectivity index (χ2n) is 7.52. The Bertz CT molecular complexity index is 1040. The molecular formula is C19H24Cl2N4O4S. The van der Waals surface area contributed by atoms with E-state index in [1.807, 2.05) is 0 Å². The van der Waals surface area contributed by atoms with Crippen molar-refractivity contribution in [3.63, 3.8) is 0 Å². The molecule has 1 saturated heterocycles. The zero-order chi connectivity index (χ0) is 21.9. The molecule has 0 spiro atoms. The van der Waals surface area contributed by atoms with Gasteiger partial charge < -0.3 is 4.74 Å². The normalized spacial score (nSPS) is 18.1. The maximum Gasteiger partial charge on any atom is 0.291 e. The lowest BCUT2D eigenvalue weighted by Crippen LogP contribution is -2.48. The van der Waals surface area contributed by atoms with Crippen LogP contribution in [-0.4, -0.2) is 62.0 Å². The van der Waals surface area contributed by atoms with E-state index in [4.69, 9.17) is 27.9 Å². The van der Waals surface area contributed by atoms with E-state index < -0.39 is 15.6 Å². The van der Waals surface area contributed by atoms with Gasteiger partial charge in [0.2, 0.25) is 10.0 Å². The van der Waals surface area contributed by atoms with Crippen LogP contribution in [0.4, 0.5) is 0 Å². The Morgan fingerprint density at radius 2 is 1.97 bits per heavy atom. The van der Waals surface area contributed by atoms with E-state index in [-0.39, 0.29) is 27.6 Å². The molecule has 8 nitrogen and oxygen atoms in total. The van der Waals surface area contributed by atoms with Crippen LogP contribution in [0.25, 0.3) is 5.69 Å². The summed E-state index contributed by atoms with van der Waals surface area (Å²) in [4.78, 5) is 14.5. The standard InChI is InChI=1S/C19H24Cl2N4O4S/c1-13(2)11-24-7-8-29-15(12-24)9-23-30(27,28)16-5-3-14(4-6-16)25-19(26)18(21)17(20)10-22-25/h3-6,10,13,15,23H,7-9,11-12H2,1-2H3. The van der Waals surface area contributed by atoms with Gasteiger partial charge in [-0.15, -0.1) is 0 Å². The summed E-state index contributed by atoms with van der Waals surface area (Å²) in [6, 6.07) is 5.77. The first-order valence-corrected chi connectivity index (χ1v) is 11.8. The quantitative estimate of drug-likeness (QED) is 0.660. The fraction of sp³-hybridized carbons (Fsp3) is 0.474. The highest BCUT2D eigenvalue weighted by Gasteiger charge is 2.23. The second-order valence-corrected chi connectivity index (χ2v) is 10.1. The van der Waals surface area contributed by atoms with E-state index in [1.165, 1.54) is 30.5 Å². The molecule has 0 saturated carbocycles. The van der Waals surface area contributed by atoms with Gasteiger partial charge in [-0.2, -0.15) is 9.78 Å². The monoisotopic (exact) mass is 474 g/mol. The highest BCUT2D eigenvalue weighted by Crippen LogP contribution is 2.17. The third-order valence-electron chi connectivity index (χ3n) is 4.62. The molecule has 1 unspecified atom stereocenters. The van der Waals surface area contributed by atoms with Crippen molar-refractivity contribution in [3.8, 4) is 5.69 Å². The summed E-state index contributed by atoms with van der Waals surface area (Å²) in [5.74, 6) is 0.538. The second kappa shape index (κ2) is 9.76. The topological polar surface area (TPSA) is 93.5 Å². The molecule has 1 aromatic heterocycles. The van der Waals surface area contributed by atoms with Crippen molar-refractivity contribution in [1.82, 2.24) is 19.4 Å². The molecule has 2 heterocycles. The number of rotatable bonds is 7. The zero-order valence-corrected chi connectivity index (χ0v) is 19.0. The summed E-state index contributed by atoms with van der Waals surface area (Å²) < 4.78 is 34.6. The van der Waals surface area contributed by atoms with Crippen LogP contribution in [0.2, 0.25) is 10.0 Å². The van der Waals surface area contributed by atoms with Gasteiger partial charge in [-0.05, 0) is 30.2 Å². The Labute approximate surface area is 185 Å². The Morgan fingerprint density at radius 1 is 1.27 bits per heavy atom. The molecular weight excluding hydrogens is 451 g/mol. The van der Waals surface area contributed by atoms with Gasteiger partial charge in [0.25, 0.3) is 5.56 Å². The SMILES string of the molecule is CC(C)CN1CCOC(CNS(=O)(=O)c2ccc(-n3ncc(Cl)c(Cl)c3=O)cc2)C1. The average Bonchev–Trinajstić information content (AvgIpc) is 2.71. The number of aromatic nitrogens is 2. The van der Waals surface area contributed by atoms with E-state index in [0.717, 1.165) is 17.8 Å². The highest BCUT2D eigenvalue weighted by molar-refractivity contribution is 7.89. The molecule has 1 aliphatic rings. The minimum Gasteiger partial charge on any atom is -0.374 e. The van der Waals surface area contributed by atoms with Crippen molar-refractivity contribution < 1.29 is 13.2 Å². The Morgan fingerprint density at radius 3 is 2.63 bits per heavy atom. The first-order chi connectivity index (χ1) is 14.2. The first-order valence-electron chi connectivity index (χ1n) is 9.55. The molecule has 1 aliphatic heterocycles.